The fourth-order valence-corrected chi connectivity index (χ4v) is 5.83. The Balaban J connectivity index is 1.36. The highest BCUT2D eigenvalue weighted by atomic mass is 35.5. The van der Waals surface area contributed by atoms with E-state index < -0.39 is 10.0 Å². The minimum atomic E-state index is -3.54. The van der Waals surface area contributed by atoms with Crippen LogP contribution in [0.3, 0.4) is 0 Å². The molecule has 2 aromatic carbocycles. The molecule has 3 aromatic rings. The molecule has 174 valence electrons. The van der Waals surface area contributed by atoms with E-state index in [1.807, 2.05) is 13.0 Å². The number of hydrogen-bond donors (Lipinski definition) is 1. The van der Waals surface area contributed by atoms with Gasteiger partial charge in [-0.1, -0.05) is 47.5 Å². The number of halogens is 2. The first-order chi connectivity index (χ1) is 15.7. The van der Waals surface area contributed by atoms with Crippen molar-refractivity contribution in [3.63, 3.8) is 0 Å². The van der Waals surface area contributed by atoms with Gasteiger partial charge in [0.25, 0.3) is 0 Å². The molecule has 1 aliphatic rings. The van der Waals surface area contributed by atoms with E-state index in [1.165, 1.54) is 4.31 Å². The summed E-state index contributed by atoms with van der Waals surface area (Å²) in [5, 5.41) is 8.48. The minimum absolute atomic E-state index is 0.152. The molecule has 0 aliphatic carbocycles. The van der Waals surface area contributed by atoms with E-state index in [4.69, 9.17) is 23.2 Å². The quantitative estimate of drug-likeness (QED) is 0.529. The molecule has 2 heterocycles. The Labute approximate surface area is 203 Å². The Morgan fingerprint density at radius 1 is 1.09 bits per heavy atom. The molecule has 1 aliphatic heterocycles. The van der Waals surface area contributed by atoms with Gasteiger partial charge in [-0.15, -0.1) is 0 Å². The Morgan fingerprint density at radius 3 is 2.45 bits per heavy atom. The third kappa shape index (κ3) is 5.41. The molecular formula is C23H24Cl2N4O3S. The highest BCUT2D eigenvalue weighted by molar-refractivity contribution is 7.89. The van der Waals surface area contributed by atoms with Gasteiger partial charge in [-0.05, 0) is 49.6 Å². The van der Waals surface area contributed by atoms with Crippen LogP contribution < -0.4 is 5.32 Å². The van der Waals surface area contributed by atoms with Crippen LogP contribution in [0.2, 0.25) is 10.0 Å². The van der Waals surface area contributed by atoms with Gasteiger partial charge >= 0.3 is 0 Å². The molecule has 0 unspecified atom stereocenters. The third-order valence-electron chi connectivity index (χ3n) is 5.77. The van der Waals surface area contributed by atoms with Gasteiger partial charge < -0.3 is 5.32 Å². The van der Waals surface area contributed by atoms with Crippen molar-refractivity contribution >= 4 is 45.0 Å². The number of nitrogens with zero attached hydrogens (tertiary/aromatic N) is 3. The first-order valence-electron chi connectivity index (χ1n) is 10.6. The number of anilines is 1. The normalized spacial score (nSPS) is 15.5. The Kier molecular flexibility index (Phi) is 7.09. The van der Waals surface area contributed by atoms with Gasteiger partial charge in [-0.2, -0.15) is 9.40 Å². The van der Waals surface area contributed by atoms with Gasteiger partial charge in [0.15, 0.2) is 5.82 Å². The van der Waals surface area contributed by atoms with Crippen molar-refractivity contribution in [3.05, 3.63) is 75.9 Å². The third-order valence-corrected chi connectivity index (χ3v) is 8.27. The van der Waals surface area contributed by atoms with Gasteiger partial charge in [-0.3, -0.25) is 9.48 Å². The highest BCUT2D eigenvalue weighted by Crippen LogP contribution is 2.26. The van der Waals surface area contributed by atoms with Crippen LogP contribution in [0.5, 0.6) is 0 Å². The van der Waals surface area contributed by atoms with E-state index in [-0.39, 0.29) is 16.7 Å². The standard InChI is InChI=1S/C23H24Cl2N4O3S/c1-16-13-22(27-29(16)15-18-7-8-19(24)14-21(18)25)26-23(30)17-9-11-28(12-10-17)33(31,32)20-5-3-2-4-6-20/h2-8,13-14,17H,9-12,15H2,1H3,(H,26,27,30). The summed E-state index contributed by atoms with van der Waals surface area (Å²) in [6.07, 6.45) is 0.913. The summed E-state index contributed by atoms with van der Waals surface area (Å²) >= 11 is 12.2. The monoisotopic (exact) mass is 506 g/mol. The maximum atomic E-state index is 12.8. The van der Waals surface area contributed by atoms with E-state index in [0.29, 0.717) is 48.3 Å². The molecule has 0 atom stereocenters. The number of nitrogens with one attached hydrogen (secondary N) is 1. The Bertz CT molecular complexity index is 1250. The van der Waals surface area contributed by atoms with Crippen LogP contribution in [0, 0.1) is 12.8 Å². The number of sulfonamides is 1. The molecule has 1 amide bonds. The molecule has 33 heavy (non-hydrogen) atoms. The van der Waals surface area contributed by atoms with Crippen molar-refractivity contribution in [1.82, 2.24) is 14.1 Å². The van der Waals surface area contributed by atoms with Crippen molar-refractivity contribution in [1.29, 1.82) is 0 Å². The summed E-state index contributed by atoms with van der Waals surface area (Å²) in [6, 6.07) is 15.5. The number of amides is 1. The summed E-state index contributed by atoms with van der Waals surface area (Å²) < 4.78 is 28.8. The van der Waals surface area contributed by atoms with E-state index in [0.717, 1.165) is 11.3 Å². The number of carbonyl (C=O) groups is 1. The van der Waals surface area contributed by atoms with Crippen LogP contribution in [0.15, 0.2) is 59.5 Å². The molecule has 1 aromatic heterocycles. The van der Waals surface area contributed by atoms with Crippen LogP contribution >= 0.6 is 23.2 Å². The zero-order valence-corrected chi connectivity index (χ0v) is 20.4. The second-order valence-corrected chi connectivity index (χ2v) is 10.8. The number of rotatable bonds is 6. The second kappa shape index (κ2) is 9.85. The zero-order valence-electron chi connectivity index (χ0n) is 18.0. The number of piperidine rings is 1. The highest BCUT2D eigenvalue weighted by Gasteiger charge is 2.32. The Morgan fingerprint density at radius 2 is 1.79 bits per heavy atom. The molecule has 0 bridgehead atoms. The molecule has 0 radical (unpaired) electrons. The van der Waals surface area contributed by atoms with E-state index >= 15 is 0 Å². The topological polar surface area (TPSA) is 84.3 Å². The van der Waals surface area contributed by atoms with Gasteiger partial charge in [0.05, 0.1) is 11.4 Å². The molecule has 0 saturated carbocycles. The van der Waals surface area contributed by atoms with Crippen molar-refractivity contribution in [2.24, 2.45) is 5.92 Å². The lowest BCUT2D eigenvalue weighted by Gasteiger charge is -2.30. The Hall–Kier alpha value is -2.39. The number of aryl methyl sites for hydroxylation is 1. The van der Waals surface area contributed by atoms with Crippen molar-refractivity contribution in [2.45, 2.75) is 31.2 Å². The van der Waals surface area contributed by atoms with Gasteiger partial charge in [0.1, 0.15) is 0 Å². The van der Waals surface area contributed by atoms with E-state index in [9.17, 15) is 13.2 Å². The van der Waals surface area contributed by atoms with E-state index in [2.05, 4.69) is 10.4 Å². The molecule has 0 spiro atoms. The van der Waals surface area contributed by atoms with Crippen molar-refractivity contribution in [2.75, 3.05) is 18.4 Å². The van der Waals surface area contributed by atoms with Crippen LogP contribution in [0.1, 0.15) is 24.1 Å². The SMILES string of the molecule is Cc1cc(NC(=O)C2CCN(S(=O)(=O)c3ccccc3)CC2)nn1Cc1ccc(Cl)cc1Cl. The largest absolute Gasteiger partial charge is 0.309 e. The fourth-order valence-electron chi connectivity index (χ4n) is 3.87. The van der Waals surface area contributed by atoms with Crippen LogP contribution in [-0.2, 0) is 21.4 Å². The van der Waals surface area contributed by atoms with E-state index in [1.54, 1.807) is 53.2 Å². The minimum Gasteiger partial charge on any atom is -0.309 e. The average molecular weight is 507 g/mol. The second-order valence-electron chi connectivity index (χ2n) is 8.05. The average Bonchev–Trinajstić information content (AvgIpc) is 3.14. The first kappa shape index (κ1) is 23.8. The van der Waals surface area contributed by atoms with Crippen LogP contribution in [0.25, 0.3) is 0 Å². The number of aromatic nitrogens is 2. The molecule has 1 N–H and O–H groups in total. The zero-order chi connectivity index (χ0) is 23.6. The summed E-state index contributed by atoms with van der Waals surface area (Å²) in [4.78, 5) is 13.1. The smallest absolute Gasteiger partial charge is 0.243 e. The van der Waals surface area contributed by atoms with Crippen molar-refractivity contribution in [3.8, 4) is 0 Å². The molecule has 10 heteroatoms. The lowest BCUT2D eigenvalue weighted by atomic mass is 9.97. The number of hydrogen-bond acceptors (Lipinski definition) is 4. The maximum Gasteiger partial charge on any atom is 0.243 e. The first-order valence-corrected chi connectivity index (χ1v) is 12.8. The lowest BCUT2D eigenvalue weighted by molar-refractivity contribution is -0.120. The van der Waals surface area contributed by atoms with Gasteiger partial charge in [0, 0.05) is 40.8 Å². The van der Waals surface area contributed by atoms with Crippen LogP contribution in [-0.4, -0.2) is 41.5 Å². The number of benzene rings is 2. The summed E-state index contributed by atoms with van der Waals surface area (Å²) in [7, 11) is -3.54. The molecular weight excluding hydrogens is 483 g/mol. The predicted octanol–water partition coefficient (Wildman–Crippen LogP) is 4.59. The molecule has 4 rings (SSSR count). The summed E-state index contributed by atoms with van der Waals surface area (Å²) in [6.45, 7) is 2.96. The number of carbonyl (C=O) groups excluding carboxylic acids is 1. The molecule has 1 saturated heterocycles. The van der Waals surface area contributed by atoms with Gasteiger partial charge in [0.2, 0.25) is 15.9 Å². The summed E-state index contributed by atoms with van der Waals surface area (Å²) in [5.74, 6) is 0.0336. The predicted molar refractivity (Wildman–Crippen MR) is 129 cm³/mol. The fraction of sp³-hybridized carbons (Fsp3) is 0.304. The van der Waals surface area contributed by atoms with Crippen molar-refractivity contribution < 1.29 is 13.2 Å². The van der Waals surface area contributed by atoms with Crippen LogP contribution in [0.4, 0.5) is 5.82 Å². The molecule has 7 nitrogen and oxygen atoms in total. The molecule has 1 fully saturated rings. The maximum absolute atomic E-state index is 12.8. The van der Waals surface area contributed by atoms with Gasteiger partial charge in [-0.25, -0.2) is 8.42 Å². The summed E-state index contributed by atoms with van der Waals surface area (Å²) in [5.41, 5.74) is 1.75. The lowest BCUT2D eigenvalue weighted by Crippen LogP contribution is -2.41.